The van der Waals surface area contributed by atoms with Gasteiger partial charge in [-0.15, -0.1) is 0 Å². The number of nitro benzene ring substituents is 1. The summed E-state index contributed by atoms with van der Waals surface area (Å²) in [4.78, 5) is 21.6. The van der Waals surface area contributed by atoms with Crippen LogP contribution in [-0.2, 0) is 0 Å². The molecular formula is C19H15N3O3S. The van der Waals surface area contributed by atoms with Crippen LogP contribution in [0.5, 0.6) is 0 Å². The monoisotopic (exact) mass is 365 g/mol. The number of anilines is 3. The van der Waals surface area contributed by atoms with Gasteiger partial charge in [-0.05, 0) is 35.9 Å². The van der Waals surface area contributed by atoms with Crippen LogP contribution in [0.15, 0.2) is 72.8 Å². The summed E-state index contributed by atoms with van der Waals surface area (Å²) in [5, 5.41) is 16.2. The SMILES string of the molecule is O=C(S)Nc1ccc(Nc2ccc([N+](=O)[O-])cc2)cc1-c1ccccc1. The Morgan fingerprint density at radius 1 is 0.923 bits per heavy atom. The van der Waals surface area contributed by atoms with E-state index in [-0.39, 0.29) is 5.69 Å². The number of benzene rings is 3. The third-order valence-electron chi connectivity index (χ3n) is 3.71. The van der Waals surface area contributed by atoms with Gasteiger partial charge in [-0.2, -0.15) is 0 Å². The molecule has 0 saturated heterocycles. The lowest BCUT2D eigenvalue weighted by Crippen LogP contribution is -2.03. The van der Waals surface area contributed by atoms with E-state index < -0.39 is 10.2 Å². The Morgan fingerprint density at radius 3 is 2.19 bits per heavy atom. The number of hydrogen-bond acceptors (Lipinski definition) is 4. The molecule has 130 valence electrons. The van der Waals surface area contributed by atoms with Gasteiger partial charge >= 0.3 is 0 Å². The zero-order valence-electron chi connectivity index (χ0n) is 13.5. The molecule has 0 aliphatic heterocycles. The molecular weight excluding hydrogens is 350 g/mol. The zero-order chi connectivity index (χ0) is 18.5. The maximum atomic E-state index is 11.3. The van der Waals surface area contributed by atoms with Crippen molar-refractivity contribution in [1.29, 1.82) is 0 Å². The normalized spacial score (nSPS) is 10.2. The number of carbonyl (C=O) groups is 1. The molecule has 2 N–H and O–H groups in total. The van der Waals surface area contributed by atoms with E-state index in [1.165, 1.54) is 12.1 Å². The highest BCUT2D eigenvalue weighted by molar-refractivity contribution is 7.96. The van der Waals surface area contributed by atoms with Crippen molar-refractivity contribution in [2.24, 2.45) is 0 Å². The van der Waals surface area contributed by atoms with Gasteiger partial charge in [0.2, 0.25) is 0 Å². The van der Waals surface area contributed by atoms with Crippen LogP contribution in [0.4, 0.5) is 27.5 Å². The average molecular weight is 365 g/mol. The number of hydrogen-bond donors (Lipinski definition) is 3. The predicted molar refractivity (Wildman–Crippen MR) is 106 cm³/mol. The van der Waals surface area contributed by atoms with E-state index in [9.17, 15) is 14.9 Å². The van der Waals surface area contributed by atoms with Crippen molar-refractivity contribution < 1.29 is 9.72 Å². The van der Waals surface area contributed by atoms with Gasteiger partial charge in [-0.25, -0.2) is 0 Å². The third-order valence-corrected chi connectivity index (χ3v) is 3.82. The highest BCUT2D eigenvalue weighted by atomic mass is 32.1. The van der Waals surface area contributed by atoms with E-state index in [0.717, 1.165) is 22.5 Å². The van der Waals surface area contributed by atoms with E-state index in [1.54, 1.807) is 18.2 Å². The molecule has 0 aromatic heterocycles. The smallest absolute Gasteiger partial charge is 0.280 e. The molecule has 1 amide bonds. The lowest BCUT2D eigenvalue weighted by molar-refractivity contribution is -0.384. The number of rotatable bonds is 5. The Kier molecular flexibility index (Phi) is 5.19. The van der Waals surface area contributed by atoms with Crippen LogP contribution in [0.2, 0.25) is 0 Å². The summed E-state index contributed by atoms with van der Waals surface area (Å²) < 4.78 is 0. The molecule has 3 aromatic carbocycles. The number of amides is 1. The molecule has 26 heavy (non-hydrogen) atoms. The number of nitrogens with one attached hydrogen (secondary N) is 2. The van der Waals surface area contributed by atoms with Crippen LogP contribution in [0, 0.1) is 10.1 Å². The Bertz CT molecular complexity index is 944. The Hall–Kier alpha value is -3.32. The standard InChI is InChI=1S/C19H15N3O3S/c23-19(26)21-18-11-8-15(12-17(18)13-4-2-1-3-5-13)20-14-6-9-16(10-7-14)22(24)25/h1-12,20H,(H2,21,23,26). The number of nitrogens with zero attached hydrogens (tertiary/aromatic N) is 1. The topological polar surface area (TPSA) is 84.3 Å². The van der Waals surface area contributed by atoms with Crippen LogP contribution in [-0.4, -0.2) is 10.2 Å². The number of thiol groups is 1. The minimum atomic E-state index is -0.446. The quantitative estimate of drug-likeness (QED) is 0.318. The first kappa shape index (κ1) is 17.5. The van der Waals surface area contributed by atoms with Crippen molar-refractivity contribution in [3.05, 3.63) is 82.9 Å². The number of nitro groups is 1. The Morgan fingerprint density at radius 2 is 1.58 bits per heavy atom. The summed E-state index contributed by atoms with van der Waals surface area (Å²) in [7, 11) is 0. The molecule has 0 radical (unpaired) electrons. The van der Waals surface area contributed by atoms with E-state index in [4.69, 9.17) is 0 Å². The predicted octanol–water partition coefficient (Wildman–Crippen LogP) is 5.47. The van der Waals surface area contributed by atoms with Crippen LogP contribution < -0.4 is 10.6 Å². The molecule has 0 spiro atoms. The molecule has 0 unspecified atom stereocenters. The molecule has 0 aliphatic rings. The molecule has 0 bridgehead atoms. The van der Waals surface area contributed by atoms with Gasteiger partial charge in [-0.3, -0.25) is 14.9 Å². The van der Waals surface area contributed by atoms with Crippen molar-refractivity contribution in [2.75, 3.05) is 10.6 Å². The van der Waals surface area contributed by atoms with Gasteiger partial charge in [0.25, 0.3) is 10.9 Å². The molecule has 3 rings (SSSR count). The second kappa shape index (κ2) is 7.71. The summed E-state index contributed by atoms with van der Waals surface area (Å²) in [6, 6.07) is 21.3. The first-order valence-corrected chi connectivity index (χ1v) is 8.18. The second-order valence-electron chi connectivity index (χ2n) is 5.49. The van der Waals surface area contributed by atoms with E-state index in [2.05, 4.69) is 23.3 Å². The summed E-state index contributed by atoms with van der Waals surface area (Å²) in [5.74, 6) is 0. The van der Waals surface area contributed by atoms with Crippen molar-refractivity contribution >= 4 is 40.6 Å². The van der Waals surface area contributed by atoms with Gasteiger partial charge in [0.15, 0.2) is 0 Å². The van der Waals surface area contributed by atoms with Gasteiger partial charge in [0.1, 0.15) is 0 Å². The first-order valence-electron chi connectivity index (χ1n) is 7.74. The highest BCUT2D eigenvalue weighted by Crippen LogP contribution is 2.32. The summed E-state index contributed by atoms with van der Waals surface area (Å²) in [6.07, 6.45) is 0. The van der Waals surface area contributed by atoms with Crippen LogP contribution >= 0.6 is 12.6 Å². The Labute approximate surface area is 155 Å². The van der Waals surface area contributed by atoms with Gasteiger partial charge in [-0.1, -0.05) is 43.0 Å². The van der Waals surface area contributed by atoms with E-state index in [0.29, 0.717) is 5.69 Å². The van der Waals surface area contributed by atoms with Crippen molar-refractivity contribution in [2.45, 2.75) is 0 Å². The minimum absolute atomic E-state index is 0.0346. The highest BCUT2D eigenvalue weighted by Gasteiger charge is 2.09. The average Bonchev–Trinajstić information content (AvgIpc) is 2.64. The maximum Gasteiger partial charge on any atom is 0.280 e. The molecule has 0 saturated carbocycles. The molecule has 0 fully saturated rings. The lowest BCUT2D eigenvalue weighted by atomic mass is 10.0. The van der Waals surface area contributed by atoms with Crippen molar-refractivity contribution in [3.8, 4) is 11.1 Å². The van der Waals surface area contributed by atoms with Crippen LogP contribution in [0.3, 0.4) is 0 Å². The molecule has 6 nitrogen and oxygen atoms in total. The van der Waals surface area contributed by atoms with Crippen LogP contribution in [0.25, 0.3) is 11.1 Å². The van der Waals surface area contributed by atoms with Gasteiger partial charge in [0.05, 0.1) is 4.92 Å². The van der Waals surface area contributed by atoms with Crippen molar-refractivity contribution in [1.82, 2.24) is 0 Å². The van der Waals surface area contributed by atoms with Crippen molar-refractivity contribution in [3.63, 3.8) is 0 Å². The fourth-order valence-corrected chi connectivity index (χ4v) is 2.66. The van der Waals surface area contributed by atoms with Gasteiger partial charge < -0.3 is 10.6 Å². The number of non-ortho nitro benzene ring substituents is 1. The van der Waals surface area contributed by atoms with E-state index in [1.807, 2.05) is 42.5 Å². The fraction of sp³-hybridized carbons (Fsp3) is 0. The summed E-state index contributed by atoms with van der Waals surface area (Å²) in [6.45, 7) is 0. The van der Waals surface area contributed by atoms with E-state index >= 15 is 0 Å². The molecule has 0 aliphatic carbocycles. The molecule has 7 heteroatoms. The molecule has 0 atom stereocenters. The summed E-state index contributed by atoms with van der Waals surface area (Å²) in [5.41, 5.74) is 3.96. The second-order valence-corrected chi connectivity index (χ2v) is 5.89. The Balaban J connectivity index is 1.93. The molecule has 0 heterocycles. The largest absolute Gasteiger partial charge is 0.356 e. The minimum Gasteiger partial charge on any atom is -0.356 e. The zero-order valence-corrected chi connectivity index (χ0v) is 14.4. The number of carbonyl (C=O) groups excluding carboxylic acids is 1. The molecule has 3 aromatic rings. The maximum absolute atomic E-state index is 11.3. The van der Waals surface area contributed by atoms with Gasteiger partial charge in [0, 0.05) is 34.8 Å². The summed E-state index contributed by atoms with van der Waals surface area (Å²) >= 11 is 3.78. The first-order chi connectivity index (χ1) is 12.5. The lowest BCUT2D eigenvalue weighted by Gasteiger charge is -2.13. The third kappa shape index (κ3) is 4.20. The van der Waals surface area contributed by atoms with Crippen LogP contribution in [0.1, 0.15) is 0 Å². The fourth-order valence-electron chi connectivity index (χ4n) is 2.54.